The molecule has 2 heteroatoms. The molecule has 62 valence electrons. The van der Waals surface area contributed by atoms with Crippen LogP contribution in [-0.2, 0) is 6.54 Å². The van der Waals surface area contributed by atoms with Crippen LogP contribution in [-0.4, -0.2) is 7.11 Å². The summed E-state index contributed by atoms with van der Waals surface area (Å²) in [6, 6.07) is 5.54. The third-order valence-electron chi connectivity index (χ3n) is 1.69. The lowest BCUT2D eigenvalue weighted by atomic mass is 10.1. The van der Waals surface area contributed by atoms with Gasteiger partial charge in [0.25, 0.3) is 0 Å². The average molecular weight is 161 g/mol. The number of nitrogens with two attached hydrogens (primary N) is 1. The molecule has 0 aliphatic rings. The van der Waals surface area contributed by atoms with Gasteiger partial charge in [0.2, 0.25) is 0 Å². The van der Waals surface area contributed by atoms with Crippen molar-refractivity contribution < 1.29 is 4.74 Å². The van der Waals surface area contributed by atoms with E-state index in [-0.39, 0.29) is 0 Å². The first-order valence-electron chi connectivity index (χ1n) is 3.65. The number of ether oxygens (including phenoxy) is 1. The summed E-state index contributed by atoms with van der Waals surface area (Å²) in [5.74, 6) is 3.33. The van der Waals surface area contributed by atoms with E-state index in [4.69, 9.17) is 16.9 Å². The largest absolute Gasteiger partial charge is 0.497 e. The van der Waals surface area contributed by atoms with Crippen LogP contribution in [0.15, 0.2) is 18.2 Å². The fourth-order valence-corrected chi connectivity index (χ4v) is 0.995. The number of hydrogen-bond acceptors (Lipinski definition) is 2. The third-order valence-corrected chi connectivity index (χ3v) is 1.69. The molecule has 0 aliphatic heterocycles. The van der Waals surface area contributed by atoms with Crippen molar-refractivity contribution in [2.24, 2.45) is 5.73 Å². The number of methoxy groups -OCH3 is 1. The highest BCUT2D eigenvalue weighted by molar-refractivity contribution is 5.44. The normalized spacial score (nSPS) is 9.08. The van der Waals surface area contributed by atoms with E-state index in [1.54, 1.807) is 7.11 Å². The van der Waals surface area contributed by atoms with Crippen LogP contribution >= 0.6 is 0 Å². The molecular weight excluding hydrogens is 150 g/mol. The Bertz CT molecular complexity index is 312. The minimum Gasteiger partial charge on any atom is -0.497 e. The molecule has 0 radical (unpaired) electrons. The first-order chi connectivity index (χ1) is 5.81. The van der Waals surface area contributed by atoms with Crippen molar-refractivity contribution in [2.75, 3.05) is 7.11 Å². The van der Waals surface area contributed by atoms with Gasteiger partial charge < -0.3 is 10.5 Å². The minimum absolute atomic E-state index is 0.462. The Kier molecular flexibility index (Phi) is 2.73. The van der Waals surface area contributed by atoms with Crippen LogP contribution in [0.3, 0.4) is 0 Å². The zero-order valence-corrected chi connectivity index (χ0v) is 7.00. The molecular formula is C10H11NO. The van der Waals surface area contributed by atoms with E-state index in [0.29, 0.717) is 6.54 Å². The van der Waals surface area contributed by atoms with Crippen molar-refractivity contribution in [3.05, 3.63) is 29.3 Å². The lowest BCUT2D eigenvalue weighted by Gasteiger charge is -2.04. The molecule has 1 aromatic rings. The molecule has 0 aliphatic carbocycles. The monoisotopic (exact) mass is 161 g/mol. The molecule has 2 N–H and O–H groups in total. The van der Waals surface area contributed by atoms with Gasteiger partial charge in [0, 0.05) is 12.1 Å². The first-order valence-corrected chi connectivity index (χ1v) is 3.65. The van der Waals surface area contributed by atoms with Gasteiger partial charge in [-0.3, -0.25) is 0 Å². The molecule has 1 aromatic carbocycles. The van der Waals surface area contributed by atoms with Gasteiger partial charge in [0.05, 0.1) is 7.11 Å². The summed E-state index contributed by atoms with van der Waals surface area (Å²) in [5.41, 5.74) is 7.25. The topological polar surface area (TPSA) is 35.2 Å². The summed E-state index contributed by atoms with van der Waals surface area (Å²) in [6.07, 6.45) is 5.29. The lowest BCUT2D eigenvalue weighted by Crippen LogP contribution is -1.99. The van der Waals surface area contributed by atoms with Crippen LogP contribution < -0.4 is 10.5 Å². The maximum absolute atomic E-state index is 5.48. The molecule has 0 heterocycles. The van der Waals surface area contributed by atoms with Crippen molar-refractivity contribution in [2.45, 2.75) is 6.54 Å². The average Bonchev–Trinajstić information content (AvgIpc) is 2.16. The van der Waals surface area contributed by atoms with Gasteiger partial charge in [-0.15, -0.1) is 6.42 Å². The SMILES string of the molecule is C#Cc1cc(OC)ccc1CN. The van der Waals surface area contributed by atoms with E-state index < -0.39 is 0 Å². The maximum atomic E-state index is 5.48. The Morgan fingerprint density at radius 2 is 2.33 bits per heavy atom. The van der Waals surface area contributed by atoms with Crippen molar-refractivity contribution in [1.29, 1.82) is 0 Å². The van der Waals surface area contributed by atoms with Gasteiger partial charge in [0.1, 0.15) is 5.75 Å². The van der Waals surface area contributed by atoms with Crippen LogP contribution in [0.5, 0.6) is 5.75 Å². The molecule has 0 saturated heterocycles. The molecule has 0 bridgehead atoms. The molecule has 0 unspecified atom stereocenters. The Balaban J connectivity index is 3.13. The predicted octanol–water partition coefficient (Wildman–Crippen LogP) is 1.14. The van der Waals surface area contributed by atoms with Gasteiger partial charge in [-0.2, -0.15) is 0 Å². The summed E-state index contributed by atoms with van der Waals surface area (Å²) < 4.78 is 5.02. The molecule has 12 heavy (non-hydrogen) atoms. The zero-order valence-electron chi connectivity index (χ0n) is 7.00. The highest BCUT2D eigenvalue weighted by atomic mass is 16.5. The Morgan fingerprint density at radius 3 is 2.83 bits per heavy atom. The van der Waals surface area contributed by atoms with E-state index in [9.17, 15) is 0 Å². The van der Waals surface area contributed by atoms with Crippen LogP contribution in [0, 0.1) is 12.3 Å². The van der Waals surface area contributed by atoms with E-state index in [1.807, 2.05) is 18.2 Å². The molecule has 0 fully saturated rings. The fraction of sp³-hybridized carbons (Fsp3) is 0.200. The highest BCUT2D eigenvalue weighted by Gasteiger charge is 1.99. The van der Waals surface area contributed by atoms with E-state index in [2.05, 4.69) is 5.92 Å². The molecule has 0 saturated carbocycles. The van der Waals surface area contributed by atoms with Gasteiger partial charge in [-0.25, -0.2) is 0 Å². The van der Waals surface area contributed by atoms with E-state index >= 15 is 0 Å². The molecule has 0 spiro atoms. The second-order valence-corrected chi connectivity index (χ2v) is 2.37. The molecule has 1 rings (SSSR count). The van der Waals surface area contributed by atoms with Gasteiger partial charge >= 0.3 is 0 Å². The van der Waals surface area contributed by atoms with E-state index in [0.717, 1.165) is 16.9 Å². The fourth-order valence-electron chi connectivity index (χ4n) is 0.995. The second kappa shape index (κ2) is 3.80. The number of rotatable bonds is 2. The van der Waals surface area contributed by atoms with Gasteiger partial charge in [0.15, 0.2) is 0 Å². The minimum atomic E-state index is 0.462. The number of benzene rings is 1. The molecule has 0 aromatic heterocycles. The van der Waals surface area contributed by atoms with Crippen LogP contribution in [0.4, 0.5) is 0 Å². The van der Waals surface area contributed by atoms with Crippen molar-refractivity contribution in [3.63, 3.8) is 0 Å². The Morgan fingerprint density at radius 1 is 1.58 bits per heavy atom. The Hall–Kier alpha value is -1.46. The summed E-state index contributed by atoms with van der Waals surface area (Å²) in [7, 11) is 1.61. The quantitative estimate of drug-likeness (QED) is 0.660. The van der Waals surface area contributed by atoms with Gasteiger partial charge in [-0.05, 0) is 17.7 Å². The number of terminal acetylenes is 1. The maximum Gasteiger partial charge on any atom is 0.120 e. The molecule has 2 nitrogen and oxygen atoms in total. The lowest BCUT2D eigenvalue weighted by molar-refractivity contribution is 0.414. The van der Waals surface area contributed by atoms with Crippen molar-refractivity contribution in [3.8, 4) is 18.1 Å². The Labute approximate surface area is 72.3 Å². The van der Waals surface area contributed by atoms with Crippen molar-refractivity contribution >= 4 is 0 Å². The molecule has 0 amide bonds. The summed E-state index contributed by atoms with van der Waals surface area (Å²) >= 11 is 0. The zero-order chi connectivity index (χ0) is 8.97. The number of hydrogen-bond donors (Lipinski definition) is 1. The molecule has 0 atom stereocenters. The summed E-state index contributed by atoms with van der Waals surface area (Å²) in [4.78, 5) is 0. The van der Waals surface area contributed by atoms with E-state index in [1.165, 1.54) is 0 Å². The smallest absolute Gasteiger partial charge is 0.120 e. The third kappa shape index (κ3) is 1.58. The highest BCUT2D eigenvalue weighted by Crippen LogP contribution is 2.16. The van der Waals surface area contributed by atoms with Crippen LogP contribution in [0.25, 0.3) is 0 Å². The van der Waals surface area contributed by atoms with Crippen LogP contribution in [0.2, 0.25) is 0 Å². The second-order valence-electron chi connectivity index (χ2n) is 2.37. The summed E-state index contributed by atoms with van der Waals surface area (Å²) in [6.45, 7) is 0.462. The van der Waals surface area contributed by atoms with Gasteiger partial charge in [-0.1, -0.05) is 12.0 Å². The predicted molar refractivity (Wildman–Crippen MR) is 48.8 cm³/mol. The summed E-state index contributed by atoms with van der Waals surface area (Å²) in [5, 5.41) is 0. The van der Waals surface area contributed by atoms with Crippen molar-refractivity contribution in [1.82, 2.24) is 0 Å². The first kappa shape index (κ1) is 8.63. The van der Waals surface area contributed by atoms with Crippen LogP contribution in [0.1, 0.15) is 11.1 Å². The standard InChI is InChI=1S/C10H11NO/c1-3-8-6-10(12-2)5-4-9(8)7-11/h1,4-6H,7,11H2,2H3.